The summed E-state index contributed by atoms with van der Waals surface area (Å²) in [5, 5.41) is 2.19. The first kappa shape index (κ1) is 18.0. The third kappa shape index (κ3) is 2.92. The van der Waals surface area contributed by atoms with Crippen molar-refractivity contribution < 1.29 is 27.6 Å². The number of alkyl halides is 3. The van der Waals surface area contributed by atoms with E-state index in [-0.39, 0.29) is 22.5 Å². The maximum atomic E-state index is 12.8. The smallest absolute Gasteiger partial charge is 0.323 e. The molecule has 2 bridgehead atoms. The van der Waals surface area contributed by atoms with Gasteiger partial charge in [-0.1, -0.05) is 23.8 Å². The van der Waals surface area contributed by atoms with Crippen molar-refractivity contribution in [1.29, 1.82) is 0 Å². The molecule has 0 radical (unpaired) electrons. The Bertz CT molecular complexity index is 853. The minimum atomic E-state index is -4.59. The zero-order chi connectivity index (χ0) is 19.5. The molecule has 4 atom stereocenters. The topological polar surface area (TPSA) is 66.5 Å². The van der Waals surface area contributed by atoms with Gasteiger partial charge >= 0.3 is 6.18 Å². The number of imide groups is 1. The number of benzene rings is 1. The normalized spacial score (nSPS) is 28.8. The summed E-state index contributed by atoms with van der Waals surface area (Å²) in [6.45, 7) is -0.545. The van der Waals surface area contributed by atoms with Crippen molar-refractivity contribution in [3.8, 4) is 0 Å². The summed E-state index contributed by atoms with van der Waals surface area (Å²) in [4.78, 5) is 38.2. The van der Waals surface area contributed by atoms with Crippen LogP contribution < -0.4 is 5.32 Å². The number of anilines is 1. The van der Waals surface area contributed by atoms with Crippen LogP contribution in [0.3, 0.4) is 0 Å². The Morgan fingerprint density at radius 1 is 1.15 bits per heavy atom. The average Bonchev–Trinajstić information content (AvgIpc) is 3.26. The second-order valence-electron chi connectivity index (χ2n) is 7.00. The number of hydrogen-bond donors (Lipinski definition) is 1. The molecule has 3 amide bonds. The third-order valence-electron chi connectivity index (χ3n) is 5.43. The number of hydrogen-bond acceptors (Lipinski definition) is 3. The van der Waals surface area contributed by atoms with Gasteiger partial charge in [-0.05, 0) is 36.5 Å². The van der Waals surface area contributed by atoms with Gasteiger partial charge in [-0.3, -0.25) is 19.3 Å². The van der Waals surface area contributed by atoms with Gasteiger partial charge in [-0.2, -0.15) is 13.2 Å². The summed E-state index contributed by atoms with van der Waals surface area (Å²) in [7, 11) is 0. The Balaban J connectivity index is 1.48. The van der Waals surface area contributed by atoms with Gasteiger partial charge in [0.2, 0.25) is 17.7 Å². The molecular formula is C18H14ClF3N2O3. The number of allylic oxidation sites excluding steroid dienone is 2. The zero-order valence-electron chi connectivity index (χ0n) is 13.8. The number of likely N-dealkylation sites (tertiary alicyclic amines) is 1. The molecule has 2 fully saturated rings. The number of rotatable bonds is 3. The van der Waals surface area contributed by atoms with Gasteiger partial charge in [0.05, 0.1) is 28.1 Å². The van der Waals surface area contributed by atoms with E-state index in [0.717, 1.165) is 23.5 Å². The minimum absolute atomic E-state index is 0.0161. The van der Waals surface area contributed by atoms with E-state index in [2.05, 4.69) is 5.32 Å². The summed E-state index contributed by atoms with van der Waals surface area (Å²) in [6, 6.07) is 2.54. The number of carbonyl (C=O) groups is 3. The summed E-state index contributed by atoms with van der Waals surface area (Å²) in [5.41, 5.74) is -1.19. The van der Waals surface area contributed by atoms with Crippen molar-refractivity contribution in [3.05, 3.63) is 40.9 Å². The van der Waals surface area contributed by atoms with Crippen molar-refractivity contribution in [3.63, 3.8) is 0 Å². The third-order valence-corrected chi connectivity index (χ3v) is 5.76. The maximum Gasteiger partial charge on any atom is 0.416 e. The highest BCUT2D eigenvalue weighted by Gasteiger charge is 2.59. The second-order valence-corrected chi connectivity index (χ2v) is 7.41. The molecule has 1 N–H and O–H groups in total. The summed E-state index contributed by atoms with van der Waals surface area (Å²) < 4.78 is 38.5. The first-order valence-corrected chi connectivity index (χ1v) is 8.75. The number of nitrogens with one attached hydrogen (secondary N) is 1. The molecular weight excluding hydrogens is 385 g/mol. The van der Waals surface area contributed by atoms with E-state index in [1.165, 1.54) is 0 Å². The van der Waals surface area contributed by atoms with Gasteiger partial charge < -0.3 is 5.32 Å². The van der Waals surface area contributed by atoms with Gasteiger partial charge in [0, 0.05) is 0 Å². The van der Waals surface area contributed by atoms with E-state index >= 15 is 0 Å². The summed E-state index contributed by atoms with van der Waals surface area (Å²) in [5.74, 6) is -2.41. The van der Waals surface area contributed by atoms with E-state index < -0.39 is 47.8 Å². The first-order chi connectivity index (χ1) is 12.7. The van der Waals surface area contributed by atoms with E-state index in [1.807, 2.05) is 12.2 Å². The highest BCUT2D eigenvalue weighted by Crippen LogP contribution is 2.52. The predicted molar refractivity (Wildman–Crippen MR) is 89.5 cm³/mol. The lowest BCUT2D eigenvalue weighted by Gasteiger charge is -2.17. The molecule has 1 aliphatic heterocycles. The Kier molecular flexibility index (Phi) is 4.06. The highest BCUT2D eigenvalue weighted by atomic mass is 35.5. The Hall–Kier alpha value is -2.35. The molecule has 5 nitrogen and oxygen atoms in total. The van der Waals surface area contributed by atoms with Crippen molar-refractivity contribution in [2.24, 2.45) is 23.7 Å². The lowest BCUT2D eigenvalue weighted by molar-refractivity contribution is -0.143. The second kappa shape index (κ2) is 6.09. The van der Waals surface area contributed by atoms with Crippen LogP contribution in [0.4, 0.5) is 18.9 Å². The fourth-order valence-corrected chi connectivity index (χ4v) is 4.42. The maximum absolute atomic E-state index is 12.8. The van der Waals surface area contributed by atoms with Crippen LogP contribution in [0.5, 0.6) is 0 Å². The van der Waals surface area contributed by atoms with E-state index in [1.54, 1.807) is 0 Å². The molecule has 1 saturated heterocycles. The lowest BCUT2D eigenvalue weighted by Crippen LogP contribution is -2.39. The van der Waals surface area contributed by atoms with Gasteiger partial charge in [0.1, 0.15) is 6.54 Å². The monoisotopic (exact) mass is 398 g/mol. The molecule has 1 aromatic rings. The van der Waals surface area contributed by atoms with Crippen molar-refractivity contribution in [2.75, 3.05) is 11.9 Å². The summed E-state index contributed by atoms with van der Waals surface area (Å²) in [6.07, 6.45) is 0.0490. The fourth-order valence-electron chi connectivity index (χ4n) is 4.25. The molecule has 2 aliphatic carbocycles. The minimum Gasteiger partial charge on any atom is -0.323 e. The van der Waals surface area contributed by atoms with Crippen LogP contribution in [0, 0.1) is 23.7 Å². The molecule has 0 aromatic heterocycles. The van der Waals surface area contributed by atoms with Gasteiger partial charge in [-0.25, -0.2) is 0 Å². The number of carbonyl (C=O) groups excluding carboxylic acids is 3. The van der Waals surface area contributed by atoms with Gasteiger partial charge in [-0.15, -0.1) is 0 Å². The number of halogens is 4. The van der Waals surface area contributed by atoms with E-state index in [4.69, 9.17) is 11.6 Å². The molecule has 0 unspecified atom stereocenters. The molecule has 4 rings (SSSR count). The molecule has 1 aromatic carbocycles. The summed E-state index contributed by atoms with van der Waals surface area (Å²) >= 11 is 5.85. The van der Waals surface area contributed by atoms with Crippen LogP contribution in [0.1, 0.15) is 12.0 Å². The fraction of sp³-hybridized carbons (Fsp3) is 0.389. The number of amides is 3. The lowest BCUT2D eigenvalue weighted by atomic mass is 9.85. The SMILES string of the molecule is O=C(CN1C(=O)[C@@H]2[C@H](C1=O)[C@@H]1C=C[C@@H]2C1)Nc1cc(C(F)(F)F)ccc1Cl. The van der Waals surface area contributed by atoms with Crippen molar-refractivity contribution >= 4 is 35.0 Å². The van der Waals surface area contributed by atoms with Crippen LogP contribution in [0.2, 0.25) is 5.02 Å². The predicted octanol–water partition coefficient (Wildman–Crippen LogP) is 3.10. The largest absolute Gasteiger partial charge is 0.416 e. The van der Waals surface area contributed by atoms with Crippen LogP contribution in [0.25, 0.3) is 0 Å². The van der Waals surface area contributed by atoms with Gasteiger partial charge in [0.15, 0.2) is 0 Å². The van der Waals surface area contributed by atoms with Gasteiger partial charge in [0.25, 0.3) is 0 Å². The Labute approximate surface area is 157 Å². The van der Waals surface area contributed by atoms with Crippen LogP contribution >= 0.6 is 11.6 Å². The number of fused-ring (bicyclic) bond motifs is 5. The first-order valence-electron chi connectivity index (χ1n) is 8.37. The molecule has 1 heterocycles. The molecule has 3 aliphatic rings. The van der Waals surface area contributed by atoms with E-state index in [9.17, 15) is 27.6 Å². The molecule has 9 heteroatoms. The standard InChI is InChI=1S/C18H14ClF3N2O3/c19-11-4-3-10(18(20,21)22)6-12(11)23-13(25)7-24-16(26)14-8-1-2-9(5-8)15(14)17(24)27/h1-4,6,8-9,14-15H,5,7H2,(H,23,25)/t8-,9-,14-,15+/m1/s1. The van der Waals surface area contributed by atoms with Crippen molar-refractivity contribution in [1.82, 2.24) is 4.90 Å². The molecule has 142 valence electrons. The van der Waals surface area contributed by atoms with Crippen LogP contribution in [-0.2, 0) is 20.6 Å². The molecule has 27 heavy (non-hydrogen) atoms. The zero-order valence-corrected chi connectivity index (χ0v) is 14.6. The number of nitrogens with zero attached hydrogens (tertiary/aromatic N) is 1. The Morgan fingerprint density at radius 2 is 1.74 bits per heavy atom. The quantitative estimate of drug-likeness (QED) is 0.628. The van der Waals surface area contributed by atoms with Crippen molar-refractivity contribution in [2.45, 2.75) is 12.6 Å². The molecule has 1 saturated carbocycles. The van der Waals surface area contributed by atoms with E-state index in [0.29, 0.717) is 6.07 Å². The van der Waals surface area contributed by atoms with Crippen LogP contribution in [0.15, 0.2) is 30.4 Å². The molecule has 0 spiro atoms. The van der Waals surface area contributed by atoms with Crippen LogP contribution in [-0.4, -0.2) is 29.2 Å². The highest BCUT2D eigenvalue weighted by molar-refractivity contribution is 6.33. The Morgan fingerprint density at radius 3 is 2.30 bits per heavy atom. The average molecular weight is 399 g/mol.